The summed E-state index contributed by atoms with van der Waals surface area (Å²) in [5.41, 5.74) is 1.53. The Kier molecular flexibility index (Phi) is 8.10. The summed E-state index contributed by atoms with van der Waals surface area (Å²) in [4.78, 5) is 12.8. The van der Waals surface area contributed by atoms with Crippen LogP contribution in [0.15, 0.2) is 58.9 Å². The van der Waals surface area contributed by atoms with Gasteiger partial charge < -0.3 is 4.74 Å². The first-order chi connectivity index (χ1) is 15.3. The molecule has 0 aliphatic carbocycles. The van der Waals surface area contributed by atoms with Crippen molar-refractivity contribution in [2.45, 2.75) is 30.0 Å². The number of amides is 1. The summed E-state index contributed by atoms with van der Waals surface area (Å²) >= 11 is 2.76. The van der Waals surface area contributed by atoms with Crippen LogP contribution < -0.4 is 14.4 Å². The molecule has 1 aromatic heterocycles. The van der Waals surface area contributed by atoms with E-state index in [9.17, 15) is 13.2 Å². The molecule has 0 bridgehead atoms. The fourth-order valence-electron chi connectivity index (χ4n) is 2.91. The van der Waals surface area contributed by atoms with E-state index in [0.29, 0.717) is 27.5 Å². The van der Waals surface area contributed by atoms with Crippen LogP contribution in [0, 0.1) is 0 Å². The van der Waals surface area contributed by atoms with Crippen molar-refractivity contribution in [3.05, 3.63) is 60.2 Å². The second-order valence-corrected chi connectivity index (χ2v) is 10.9. The molecule has 3 aromatic rings. The first-order valence-corrected chi connectivity index (χ1v) is 13.5. The third-order valence-corrected chi connectivity index (χ3v) is 7.62. The lowest BCUT2D eigenvalue weighted by atomic mass is 10.2. The quantitative estimate of drug-likeness (QED) is 0.337. The molecule has 1 N–H and O–H groups in total. The Morgan fingerprint density at radius 3 is 2.47 bits per heavy atom. The van der Waals surface area contributed by atoms with Crippen molar-refractivity contribution in [3.8, 4) is 5.75 Å². The summed E-state index contributed by atoms with van der Waals surface area (Å²) in [6.07, 6.45) is 1.07. The number of sulfonamides is 1. The van der Waals surface area contributed by atoms with Gasteiger partial charge in [-0.05, 0) is 43.7 Å². The fraction of sp³-hybridized carbons (Fsp3) is 0.286. The zero-order chi connectivity index (χ0) is 23.1. The molecule has 170 valence electrons. The molecule has 1 amide bonds. The average Bonchev–Trinajstić information content (AvgIpc) is 3.21. The third-order valence-electron chi connectivity index (χ3n) is 4.33. The van der Waals surface area contributed by atoms with Crippen molar-refractivity contribution in [2.24, 2.45) is 0 Å². The van der Waals surface area contributed by atoms with E-state index in [2.05, 4.69) is 15.5 Å². The minimum Gasteiger partial charge on any atom is -0.494 e. The number of carbonyl (C=O) groups excluding carboxylic acids is 1. The highest BCUT2D eigenvalue weighted by atomic mass is 32.2. The van der Waals surface area contributed by atoms with E-state index >= 15 is 0 Å². The predicted molar refractivity (Wildman–Crippen MR) is 129 cm³/mol. The first-order valence-electron chi connectivity index (χ1n) is 9.81. The van der Waals surface area contributed by atoms with E-state index in [4.69, 9.17) is 4.74 Å². The molecule has 0 spiro atoms. The fourth-order valence-corrected chi connectivity index (χ4v) is 5.80. The Morgan fingerprint density at radius 1 is 1.16 bits per heavy atom. The van der Waals surface area contributed by atoms with Gasteiger partial charge in [-0.25, -0.2) is 8.42 Å². The van der Waals surface area contributed by atoms with Gasteiger partial charge in [0.2, 0.25) is 21.1 Å². The van der Waals surface area contributed by atoms with E-state index in [1.165, 1.54) is 30.0 Å². The van der Waals surface area contributed by atoms with E-state index in [0.717, 1.165) is 21.9 Å². The normalized spacial score (nSPS) is 12.2. The molecule has 0 aliphatic rings. The summed E-state index contributed by atoms with van der Waals surface area (Å²) in [5.74, 6) is 0.857. The van der Waals surface area contributed by atoms with Crippen molar-refractivity contribution >= 4 is 49.8 Å². The average molecular weight is 493 g/mol. The molecule has 0 aliphatic heterocycles. The lowest BCUT2D eigenvalue weighted by Gasteiger charge is -2.28. The van der Waals surface area contributed by atoms with Crippen LogP contribution in [0.1, 0.15) is 19.4 Å². The smallest absolute Gasteiger partial charge is 0.249 e. The van der Waals surface area contributed by atoms with Crippen LogP contribution in [0.3, 0.4) is 0 Å². The number of hydrogen-bond acceptors (Lipinski definition) is 8. The van der Waals surface area contributed by atoms with Crippen LogP contribution in [0.2, 0.25) is 0 Å². The molecule has 0 fully saturated rings. The Morgan fingerprint density at radius 2 is 1.84 bits per heavy atom. The molecule has 8 nitrogen and oxygen atoms in total. The van der Waals surface area contributed by atoms with Gasteiger partial charge in [0.15, 0.2) is 4.34 Å². The number of ether oxygens (including phenoxy) is 1. The highest BCUT2D eigenvalue weighted by Crippen LogP contribution is 2.29. The van der Waals surface area contributed by atoms with E-state index in [-0.39, 0.29) is 0 Å². The number of nitrogens with one attached hydrogen (secondary N) is 1. The molecule has 0 unspecified atom stereocenters. The van der Waals surface area contributed by atoms with Gasteiger partial charge in [-0.1, -0.05) is 53.4 Å². The molecular weight excluding hydrogens is 468 g/mol. The van der Waals surface area contributed by atoms with Gasteiger partial charge >= 0.3 is 0 Å². The highest BCUT2D eigenvalue weighted by Gasteiger charge is 2.29. The molecule has 0 radical (unpaired) electrons. The predicted octanol–water partition coefficient (Wildman–Crippen LogP) is 4.02. The maximum absolute atomic E-state index is 12.8. The Balaban J connectivity index is 1.68. The largest absolute Gasteiger partial charge is 0.494 e. The van der Waals surface area contributed by atoms with E-state index in [1.807, 2.05) is 37.3 Å². The third kappa shape index (κ3) is 6.44. The summed E-state index contributed by atoms with van der Waals surface area (Å²) in [6.45, 7) is 3.89. The standard InChI is InChI=1S/C21H24N4O4S3/c1-4-29-18-12-10-17(11-13-18)25(32(3,27)28)15(2)19(26)22-20-23-24-21(31-20)30-14-16-8-6-5-7-9-16/h5-13,15H,4,14H2,1-3H3,(H,22,23,26)/t15-/m0/s1. The molecule has 32 heavy (non-hydrogen) atoms. The minimum atomic E-state index is -3.72. The van der Waals surface area contributed by atoms with Crippen molar-refractivity contribution in [2.75, 3.05) is 22.5 Å². The van der Waals surface area contributed by atoms with Crippen molar-refractivity contribution in [3.63, 3.8) is 0 Å². The number of aromatic nitrogens is 2. The van der Waals surface area contributed by atoms with Crippen molar-refractivity contribution in [1.29, 1.82) is 0 Å². The van der Waals surface area contributed by atoms with Crippen LogP contribution in [0.25, 0.3) is 0 Å². The second-order valence-electron chi connectivity index (χ2n) is 6.80. The van der Waals surface area contributed by atoms with Gasteiger partial charge in [0.25, 0.3) is 0 Å². The number of carbonyl (C=O) groups is 1. The molecule has 0 saturated carbocycles. The number of nitrogens with zero attached hydrogens (tertiary/aromatic N) is 3. The SMILES string of the molecule is CCOc1ccc(N([C@@H](C)C(=O)Nc2nnc(SCc3ccccc3)s2)S(C)(=O)=O)cc1. The van der Waals surface area contributed by atoms with Crippen LogP contribution in [-0.4, -0.2) is 43.4 Å². The Hall–Kier alpha value is -2.63. The minimum absolute atomic E-state index is 0.317. The monoisotopic (exact) mass is 492 g/mol. The number of hydrogen-bond donors (Lipinski definition) is 1. The number of thioether (sulfide) groups is 1. The summed E-state index contributed by atoms with van der Waals surface area (Å²) in [7, 11) is -3.72. The molecule has 11 heteroatoms. The van der Waals surface area contributed by atoms with Gasteiger partial charge in [-0.3, -0.25) is 14.4 Å². The Bertz CT molecular complexity index is 1140. The lowest BCUT2D eigenvalue weighted by molar-refractivity contribution is -0.116. The van der Waals surface area contributed by atoms with Crippen LogP contribution in [-0.2, 0) is 20.6 Å². The van der Waals surface area contributed by atoms with Crippen molar-refractivity contribution in [1.82, 2.24) is 10.2 Å². The van der Waals surface area contributed by atoms with Crippen molar-refractivity contribution < 1.29 is 17.9 Å². The zero-order valence-corrected chi connectivity index (χ0v) is 20.3. The first kappa shape index (κ1) is 24.0. The van der Waals surface area contributed by atoms with E-state index in [1.54, 1.807) is 24.3 Å². The second kappa shape index (κ2) is 10.8. The van der Waals surface area contributed by atoms with Crippen LogP contribution >= 0.6 is 23.1 Å². The van der Waals surface area contributed by atoms with Gasteiger partial charge in [0.05, 0.1) is 18.6 Å². The molecular formula is C21H24N4O4S3. The van der Waals surface area contributed by atoms with Crippen LogP contribution in [0.5, 0.6) is 5.75 Å². The summed E-state index contributed by atoms with van der Waals surface area (Å²) in [6, 6.07) is 15.5. The summed E-state index contributed by atoms with van der Waals surface area (Å²) < 4.78 is 32.1. The topological polar surface area (TPSA) is 101 Å². The van der Waals surface area contributed by atoms with Gasteiger partial charge in [0, 0.05) is 5.75 Å². The lowest BCUT2D eigenvalue weighted by Crippen LogP contribution is -2.45. The maximum Gasteiger partial charge on any atom is 0.249 e. The number of rotatable bonds is 10. The number of anilines is 2. The number of benzene rings is 2. The molecule has 1 atom stereocenters. The Labute approximate surface area is 196 Å². The van der Waals surface area contributed by atoms with Gasteiger partial charge in [-0.15, -0.1) is 10.2 Å². The molecule has 1 heterocycles. The van der Waals surface area contributed by atoms with E-state index < -0.39 is 22.0 Å². The maximum atomic E-state index is 12.8. The highest BCUT2D eigenvalue weighted by molar-refractivity contribution is 8.00. The molecule has 3 rings (SSSR count). The van der Waals surface area contributed by atoms with Gasteiger partial charge in [0.1, 0.15) is 11.8 Å². The van der Waals surface area contributed by atoms with Gasteiger partial charge in [-0.2, -0.15) is 0 Å². The van der Waals surface area contributed by atoms with Crippen LogP contribution in [0.4, 0.5) is 10.8 Å². The zero-order valence-electron chi connectivity index (χ0n) is 17.9. The molecule has 0 saturated heterocycles. The summed E-state index contributed by atoms with van der Waals surface area (Å²) in [5, 5.41) is 11.1. The molecule has 2 aromatic carbocycles.